The van der Waals surface area contributed by atoms with Crippen LogP contribution in [-0.2, 0) is 13.2 Å². The molecular formula is C14H15ClN2O2. The third-order valence-electron chi connectivity index (χ3n) is 2.68. The quantitative estimate of drug-likeness (QED) is 0.914. The van der Waals surface area contributed by atoms with Crippen molar-refractivity contribution in [1.29, 1.82) is 0 Å². The van der Waals surface area contributed by atoms with Gasteiger partial charge in [-0.2, -0.15) is 0 Å². The molecule has 1 heterocycles. The van der Waals surface area contributed by atoms with Gasteiger partial charge in [0.05, 0.1) is 17.7 Å². The number of halogens is 1. The number of aromatic nitrogens is 1. The van der Waals surface area contributed by atoms with Crippen LogP contribution in [0, 0.1) is 0 Å². The smallest absolute Gasteiger partial charge is 0.219 e. The number of hydrogen-bond donors (Lipinski definition) is 1. The van der Waals surface area contributed by atoms with Crippen LogP contribution in [0.5, 0.6) is 11.6 Å². The Morgan fingerprint density at radius 2 is 2.00 bits per heavy atom. The molecule has 0 bridgehead atoms. The van der Waals surface area contributed by atoms with E-state index in [-0.39, 0.29) is 0 Å². The standard InChI is InChI=1S/C14H15ClN2O2/c1-18-14-11(5-3-7-17-14)9-19-13-10(8-16)4-2-6-12(13)15/h2-7H,8-9,16H2,1H3. The SMILES string of the molecule is COc1ncccc1COc1c(Cl)cccc1CN. The first-order valence-electron chi connectivity index (χ1n) is 5.84. The number of para-hydroxylation sites is 1. The Kier molecular flexibility index (Phi) is 4.60. The maximum absolute atomic E-state index is 6.12. The van der Waals surface area contributed by atoms with E-state index in [1.807, 2.05) is 24.3 Å². The first-order valence-corrected chi connectivity index (χ1v) is 6.22. The fourth-order valence-electron chi connectivity index (χ4n) is 1.74. The van der Waals surface area contributed by atoms with Gasteiger partial charge in [0.1, 0.15) is 12.4 Å². The zero-order valence-corrected chi connectivity index (χ0v) is 11.4. The molecule has 0 saturated heterocycles. The minimum atomic E-state index is 0.327. The molecule has 0 amide bonds. The molecular weight excluding hydrogens is 264 g/mol. The van der Waals surface area contributed by atoms with Crippen molar-refractivity contribution >= 4 is 11.6 Å². The Morgan fingerprint density at radius 3 is 2.74 bits per heavy atom. The van der Waals surface area contributed by atoms with E-state index < -0.39 is 0 Å². The van der Waals surface area contributed by atoms with Gasteiger partial charge in [0.15, 0.2) is 0 Å². The molecule has 0 spiro atoms. The first-order chi connectivity index (χ1) is 9.26. The van der Waals surface area contributed by atoms with Crippen molar-refractivity contribution in [3.63, 3.8) is 0 Å². The molecule has 2 N–H and O–H groups in total. The monoisotopic (exact) mass is 278 g/mol. The van der Waals surface area contributed by atoms with Crippen molar-refractivity contribution in [1.82, 2.24) is 4.98 Å². The number of hydrogen-bond acceptors (Lipinski definition) is 4. The van der Waals surface area contributed by atoms with Gasteiger partial charge in [0, 0.05) is 18.3 Å². The molecule has 0 fully saturated rings. The van der Waals surface area contributed by atoms with Gasteiger partial charge >= 0.3 is 0 Å². The Balaban J connectivity index is 2.19. The highest BCUT2D eigenvalue weighted by molar-refractivity contribution is 6.32. The van der Waals surface area contributed by atoms with Crippen molar-refractivity contribution in [3.8, 4) is 11.6 Å². The lowest BCUT2D eigenvalue weighted by Gasteiger charge is -2.13. The topological polar surface area (TPSA) is 57.4 Å². The van der Waals surface area contributed by atoms with Crippen molar-refractivity contribution in [2.24, 2.45) is 5.73 Å². The van der Waals surface area contributed by atoms with Crippen LogP contribution >= 0.6 is 11.6 Å². The van der Waals surface area contributed by atoms with E-state index in [1.54, 1.807) is 19.4 Å². The van der Waals surface area contributed by atoms with Gasteiger partial charge in [-0.1, -0.05) is 23.7 Å². The van der Waals surface area contributed by atoms with Crippen molar-refractivity contribution in [2.45, 2.75) is 13.2 Å². The predicted octanol–water partition coefficient (Wildman–Crippen LogP) is 2.78. The lowest BCUT2D eigenvalue weighted by atomic mass is 10.2. The van der Waals surface area contributed by atoms with Crippen molar-refractivity contribution in [2.75, 3.05) is 7.11 Å². The summed E-state index contributed by atoms with van der Waals surface area (Å²) in [6.45, 7) is 0.702. The average Bonchev–Trinajstić information content (AvgIpc) is 2.46. The summed E-state index contributed by atoms with van der Waals surface area (Å²) in [6, 6.07) is 9.24. The first kappa shape index (κ1) is 13.6. The minimum absolute atomic E-state index is 0.327. The lowest BCUT2D eigenvalue weighted by molar-refractivity contribution is 0.291. The number of benzene rings is 1. The van der Waals surface area contributed by atoms with E-state index in [0.717, 1.165) is 11.1 Å². The maximum Gasteiger partial charge on any atom is 0.219 e. The molecule has 0 radical (unpaired) electrons. The molecule has 19 heavy (non-hydrogen) atoms. The fourth-order valence-corrected chi connectivity index (χ4v) is 1.99. The second kappa shape index (κ2) is 6.41. The van der Waals surface area contributed by atoms with Gasteiger partial charge in [-0.15, -0.1) is 0 Å². The summed E-state index contributed by atoms with van der Waals surface area (Å²) in [5.74, 6) is 1.15. The van der Waals surface area contributed by atoms with E-state index >= 15 is 0 Å². The van der Waals surface area contributed by atoms with E-state index in [0.29, 0.717) is 29.8 Å². The van der Waals surface area contributed by atoms with Crippen LogP contribution in [0.15, 0.2) is 36.5 Å². The summed E-state index contributed by atoms with van der Waals surface area (Å²) in [5.41, 5.74) is 7.39. The molecule has 0 aliphatic carbocycles. The molecule has 0 unspecified atom stereocenters. The molecule has 100 valence electrons. The lowest BCUT2D eigenvalue weighted by Crippen LogP contribution is -2.04. The Labute approximate surface area is 117 Å². The largest absolute Gasteiger partial charge is 0.487 e. The summed E-state index contributed by atoms with van der Waals surface area (Å²) < 4.78 is 10.9. The van der Waals surface area contributed by atoms with Gasteiger partial charge in [-0.25, -0.2) is 4.98 Å². The average molecular weight is 279 g/mol. The van der Waals surface area contributed by atoms with Gasteiger partial charge in [0.25, 0.3) is 0 Å². The molecule has 0 aliphatic rings. The number of nitrogens with two attached hydrogens (primary N) is 1. The highest BCUT2D eigenvalue weighted by Crippen LogP contribution is 2.29. The van der Waals surface area contributed by atoms with Gasteiger partial charge < -0.3 is 15.2 Å². The molecule has 1 aromatic heterocycles. The van der Waals surface area contributed by atoms with Crippen molar-refractivity contribution in [3.05, 3.63) is 52.7 Å². The Hall–Kier alpha value is -1.78. The van der Waals surface area contributed by atoms with Crippen LogP contribution < -0.4 is 15.2 Å². The number of pyridine rings is 1. The van der Waals surface area contributed by atoms with Crippen LogP contribution in [0.4, 0.5) is 0 Å². The second-order valence-corrected chi connectivity index (χ2v) is 4.30. The minimum Gasteiger partial charge on any atom is -0.487 e. The molecule has 0 aliphatic heterocycles. The summed E-state index contributed by atoms with van der Waals surface area (Å²) in [7, 11) is 1.58. The third kappa shape index (κ3) is 3.16. The second-order valence-electron chi connectivity index (χ2n) is 3.89. The predicted molar refractivity (Wildman–Crippen MR) is 74.5 cm³/mol. The summed E-state index contributed by atoms with van der Waals surface area (Å²) in [6.07, 6.45) is 1.67. The van der Waals surface area contributed by atoms with Crippen LogP contribution in [-0.4, -0.2) is 12.1 Å². The fraction of sp³-hybridized carbons (Fsp3) is 0.214. The van der Waals surface area contributed by atoms with Crippen LogP contribution in [0.3, 0.4) is 0 Å². The number of nitrogens with zero attached hydrogens (tertiary/aromatic N) is 1. The molecule has 1 aromatic carbocycles. The number of methoxy groups -OCH3 is 1. The van der Waals surface area contributed by atoms with Crippen LogP contribution in [0.25, 0.3) is 0 Å². The molecule has 0 atom stereocenters. The van der Waals surface area contributed by atoms with E-state index in [9.17, 15) is 0 Å². The zero-order valence-electron chi connectivity index (χ0n) is 10.6. The Morgan fingerprint density at radius 1 is 1.21 bits per heavy atom. The molecule has 5 heteroatoms. The van der Waals surface area contributed by atoms with Crippen LogP contribution in [0.1, 0.15) is 11.1 Å². The van der Waals surface area contributed by atoms with E-state index in [2.05, 4.69) is 4.98 Å². The number of rotatable bonds is 5. The van der Waals surface area contributed by atoms with E-state index in [4.69, 9.17) is 26.8 Å². The van der Waals surface area contributed by atoms with Crippen LogP contribution in [0.2, 0.25) is 5.02 Å². The highest BCUT2D eigenvalue weighted by Gasteiger charge is 2.09. The van der Waals surface area contributed by atoms with Gasteiger partial charge in [-0.3, -0.25) is 0 Å². The highest BCUT2D eigenvalue weighted by atomic mass is 35.5. The summed E-state index contributed by atoms with van der Waals surface area (Å²) >= 11 is 6.12. The normalized spacial score (nSPS) is 10.3. The van der Waals surface area contributed by atoms with Gasteiger partial charge in [0.2, 0.25) is 5.88 Å². The van der Waals surface area contributed by atoms with Crippen molar-refractivity contribution < 1.29 is 9.47 Å². The molecule has 2 rings (SSSR count). The van der Waals surface area contributed by atoms with Gasteiger partial charge in [-0.05, 0) is 18.2 Å². The summed E-state index contributed by atoms with van der Waals surface area (Å²) in [4.78, 5) is 4.11. The molecule has 4 nitrogen and oxygen atoms in total. The molecule has 0 saturated carbocycles. The Bertz CT molecular complexity index is 561. The third-order valence-corrected chi connectivity index (χ3v) is 2.98. The number of ether oxygens (including phenoxy) is 2. The maximum atomic E-state index is 6.12. The summed E-state index contributed by atoms with van der Waals surface area (Å²) in [5, 5.41) is 0.547. The van der Waals surface area contributed by atoms with E-state index in [1.165, 1.54) is 0 Å². The zero-order chi connectivity index (χ0) is 13.7. The molecule has 2 aromatic rings.